The summed E-state index contributed by atoms with van der Waals surface area (Å²) in [4.78, 5) is 17.2. The van der Waals surface area contributed by atoms with E-state index in [1.165, 1.54) is 83.5 Å². The average molecular weight is 397 g/mol. The third kappa shape index (κ3) is 11.7. The van der Waals surface area contributed by atoms with Crippen molar-refractivity contribution in [2.45, 2.75) is 129 Å². The molecule has 0 aromatic carbocycles. The van der Waals surface area contributed by atoms with Crippen LogP contribution in [0.2, 0.25) is 0 Å². The Hall–Kier alpha value is -1.10. The molecular weight excluding hydrogens is 352 g/mol. The highest BCUT2D eigenvalue weighted by atomic mass is 16.4. The number of carboxylic acid groups (broad SMARTS) is 1. The number of aliphatic carboxylic acids is 1. The lowest BCUT2D eigenvalue weighted by Crippen LogP contribution is -2.38. The maximum Gasteiger partial charge on any atom is 0.310 e. The summed E-state index contributed by atoms with van der Waals surface area (Å²) in [6, 6.07) is 0.140. The third-order valence-corrected chi connectivity index (χ3v) is 5.72. The van der Waals surface area contributed by atoms with E-state index in [1.54, 1.807) is 11.8 Å². The summed E-state index contributed by atoms with van der Waals surface area (Å²) in [6.07, 6.45) is 19.2. The lowest BCUT2D eigenvalue weighted by Gasteiger charge is -2.23. The van der Waals surface area contributed by atoms with Crippen LogP contribution in [0, 0.1) is 0 Å². The van der Waals surface area contributed by atoms with Crippen LogP contribution in [0.1, 0.15) is 117 Å². The van der Waals surface area contributed by atoms with E-state index in [0.29, 0.717) is 12.4 Å². The van der Waals surface area contributed by atoms with Crippen molar-refractivity contribution in [3.8, 4) is 0 Å². The minimum atomic E-state index is -0.887. The van der Waals surface area contributed by atoms with E-state index in [0.717, 1.165) is 12.8 Å². The first-order valence-corrected chi connectivity index (χ1v) is 11.8. The van der Waals surface area contributed by atoms with Crippen molar-refractivity contribution in [2.24, 2.45) is 4.99 Å². The summed E-state index contributed by atoms with van der Waals surface area (Å²) < 4.78 is 0. The summed E-state index contributed by atoms with van der Waals surface area (Å²) in [5, 5.41) is 18.8. The van der Waals surface area contributed by atoms with Gasteiger partial charge in [-0.05, 0) is 13.3 Å². The zero-order chi connectivity index (χ0) is 20.6. The van der Waals surface area contributed by atoms with Gasteiger partial charge in [-0.1, -0.05) is 96.8 Å². The first-order chi connectivity index (χ1) is 13.5. The van der Waals surface area contributed by atoms with E-state index in [2.05, 4.69) is 11.9 Å². The van der Waals surface area contributed by atoms with E-state index in [9.17, 15) is 9.90 Å². The number of rotatable bonds is 18. The molecule has 0 saturated heterocycles. The van der Waals surface area contributed by atoms with Gasteiger partial charge in [-0.3, -0.25) is 9.79 Å². The molecule has 0 aliphatic carbocycles. The van der Waals surface area contributed by atoms with Crippen LogP contribution in [0.15, 0.2) is 4.99 Å². The van der Waals surface area contributed by atoms with Crippen molar-refractivity contribution in [1.29, 1.82) is 0 Å². The summed E-state index contributed by atoms with van der Waals surface area (Å²) >= 11 is 0. The first kappa shape index (κ1) is 24.9. The molecule has 164 valence electrons. The number of hydrogen-bond donors (Lipinski definition) is 2. The molecule has 28 heavy (non-hydrogen) atoms. The van der Waals surface area contributed by atoms with Crippen LogP contribution < -0.4 is 0 Å². The van der Waals surface area contributed by atoms with Gasteiger partial charge >= 0.3 is 5.97 Å². The molecule has 0 aromatic rings. The molecule has 5 nitrogen and oxygen atoms in total. The molecule has 0 amide bonds. The normalized spacial score (nSPS) is 17.8. The number of carbonyl (C=O) groups is 1. The van der Waals surface area contributed by atoms with Gasteiger partial charge in [0.1, 0.15) is 18.5 Å². The topological polar surface area (TPSA) is 73.1 Å². The molecule has 0 spiro atoms. The van der Waals surface area contributed by atoms with Gasteiger partial charge in [-0.2, -0.15) is 0 Å². The Balaban J connectivity index is 1.96. The lowest BCUT2D eigenvalue weighted by molar-refractivity contribution is -0.135. The Kier molecular flexibility index (Phi) is 14.1. The molecular formula is C23H44N2O3. The molecule has 2 N–H and O–H groups in total. The van der Waals surface area contributed by atoms with Gasteiger partial charge in [-0.15, -0.1) is 0 Å². The van der Waals surface area contributed by atoms with Gasteiger partial charge in [0.15, 0.2) is 0 Å². The van der Waals surface area contributed by atoms with Crippen LogP contribution in [-0.4, -0.2) is 45.7 Å². The number of carboxylic acids is 1. The van der Waals surface area contributed by atoms with Crippen molar-refractivity contribution in [2.75, 3.05) is 6.54 Å². The Bertz CT molecular complexity index is 438. The second-order valence-electron chi connectivity index (χ2n) is 8.44. The van der Waals surface area contributed by atoms with E-state index >= 15 is 0 Å². The maximum absolute atomic E-state index is 10.9. The molecule has 1 aliphatic rings. The second kappa shape index (κ2) is 15.8. The zero-order valence-electron chi connectivity index (χ0n) is 18.4. The number of aliphatic hydroxyl groups is 1. The highest BCUT2D eigenvalue weighted by Crippen LogP contribution is 2.20. The number of aliphatic hydroxyl groups excluding tert-OH is 1. The van der Waals surface area contributed by atoms with Crippen molar-refractivity contribution < 1.29 is 15.0 Å². The number of nitrogens with zero attached hydrogens (tertiary/aromatic N) is 2. The van der Waals surface area contributed by atoms with Gasteiger partial charge in [0, 0.05) is 6.54 Å². The molecule has 0 aromatic heterocycles. The first-order valence-electron chi connectivity index (χ1n) is 11.8. The van der Waals surface area contributed by atoms with E-state index < -0.39 is 12.2 Å². The van der Waals surface area contributed by atoms with Gasteiger partial charge in [0.2, 0.25) is 0 Å². The van der Waals surface area contributed by atoms with E-state index in [1.807, 2.05) is 0 Å². The van der Waals surface area contributed by atoms with Crippen LogP contribution in [-0.2, 0) is 4.79 Å². The molecule has 5 heteroatoms. The fourth-order valence-corrected chi connectivity index (χ4v) is 4.04. The number of aliphatic imine (C=N–C) groups is 1. The lowest BCUT2D eigenvalue weighted by atomic mass is 10.0. The fourth-order valence-electron chi connectivity index (χ4n) is 4.04. The molecule has 0 saturated carbocycles. The third-order valence-electron chi connectivity index (χ3n) is 5.72. The summed E-state index contributed by atoms with van der Waals surface area (Å²) in [5.41, 5.74) is 0. The minimum absolute atomic E-state index is 0.0971. The second-order valence-corrected chi connectivity index (χ2v) is 8.44. The van der Waals surface area contributed by atoms with Gasteiger partial charge in [-0.25, -0.2) is 0 Å². The van der Waals surface area contributed by atoms with Crippen molar-refractivity contribution >= 4 is 11.8 Å². The smallest absolute Gasteiger partial charge is 0.310 e. The van der Waals surface area contributed by atoms with Crippen LogP contribution in [0.3, 0.4) is 0 Å². The Labute approximate surface area is 172 Å². The van der Waals surface area contributed by atoms with Crippen LogP contribution in [0.4, 0.5) is 0 Å². The van der Waals surface area contributed by atoms with Crippen LogP contribution >= 0.6 is 0 Å². The number of unbranched alkanes of at least 4 members (excludes halogenated alkanes) is 13. The largest absolute Gasteiger partial charge is 0.481 e. The molecule has 1 aliphatic heterocycles. The number of hydrogen-bond acceptors (Lipinski definition) is 4. The number of amidine groups is 1. The maximum atomic E-state index is 10.9. The summed E-state index contributed by atoms with van der Waals surface area (Å²) in [7, 11) is 0. The van der Waals surface area contributed by atoms with E-state index in [4.69, 9.17) is 5.11 Å². The zero-order valence-corrected chi connectivity index (χ0v) is 18.4. The van der Waals surface area contributed by atoms with Crippen molar-refractivity contribution in [1.82, 2.24) is 4.90 Å². The molecule has 0 fully saturated rings. The van der Waals surface area contributed by atoms with Crippen LogP contribution in [0.25, 0.3) is 0 Å². The summed E-state index contributed by atoms with van der Waals surface area (Å²) in [5.74, 6) is -0.362. The Morgan fingerprint density at radius 3 is 1.86 bits per heavy atom. The molecule has 0 radical (unpaired) electrons. The molecule has 1 rings (SSSR count). The monoisotopic (exact) mass is 396 g/mol. The molecule has 2 atom stereocenters. The van der Waals surface area contributed by atoms with Gasteiger partial charge in [0.05, 0.1) is 6.04 Å². The summed E-state index contributed by atoms with van der Waals surface area (Å²) in [6.45, 7) is 4.59. The predicted molar refractivity (Wildman–Crippen MR) is 117 cm³/mol. The molecule has 1 heterocycles. The Morgan fingerprint density at radius 2 is 1.43 bits per heavy atom. The van der Waals surface area contributed by atoms with Crippen LogP contribution in [0.5, 0.6) is 0 Å². The average Bonchev–Trinajstić information content (AvgIpc) is 3.04. The SMILES string of the molecule is CCCCCCCCCCCCCCCCC1CN(C(C)O)C(CC(=O)O)=N1. The highest BCUT2D eigenvalue weighted by molar-refractivity contribution is 5.97. The Morgan fingerprint density at radius 1 is 0.964 bits per heavy atom. The predicted octanol–water partition coefficient (Wildman–Crippen LogP) is 5.75. The van der Waals surface area contributed by atoms with Gasteiger partial charge in [0.25, 0.3) is 0 Å². The van der Waals surface area contributed by atoms with E-state index in [-0.39, 0.29) is 12.5 Å². The quantitative estimate of drug-likeness (QED) is 0.289. The highest BCUT2D eigenvalue weighted by Gasteiger charge is 2.28. The standard InChI is InChI=1S/C23H44N2O3/c1-3-4-5-6-7-8-9-10-11-12-13-14-15-16-17-21-19-25(20(2)26)22(24-21)18-23(27)28/h20-21,26H,3-19H2,1-2H3,(H,27,28). The fraction of sp³-hybridized carbons (Fsp3) is 0.913. The molecule has 0 bridgehead atoms. The van der Waals surface area contributed by atoms with Crippen molar-refractivity contribution in [3.05, 3.63) is 0 Å². The van der Waals surface area contributed by atoms with Gasteiger partial charge < -0.3 is 15.1 Å². The minimum Gasteiger partial charge on any atom is -0.481 e. The van der Waals surface area contributed by atoms with Crippen molar-refractivity contribution in [3.63, 3.8) is 0 Å². The molecule has 2 unspecified atom stereocenters.